The number of hydrogen-bond acceptors (Lipinski definition) is 2. The lowest BCUT2D eigenvalue weighted by atomic mass is 9.96. The van der Waals surface area contributed by atoms with Crippen molar-refractivity contribution < 1.29 is 0 Å². The van der Waals surface area contributed by atoms with Gasteiger partial charge in [0.2, 0.25) is 0 Å². The first-order valence-electron chi connectivity index (χ1n) is 3.44. The van der Waals surface area contributed by atoms with Gasteiger partial charge in [0, 0.05) is 5.92 Å². The molecule has 0 saturated heterocycles. The maximum absolute atomic E-state index is 5.79. The third-order valence-electron chi connectivity index (χ3n) is 2.48. The molecule has 0 heterocycles. The second kappa shape index (κ2) is 1.39. The molecule has 2 aliphatic carbocycles. The highest BCUT2D eigenvalue weighted by atomic mass is 15.0. The molecule has 9 heavy (non-hydrogen) atoms. The molecule has 0 spiro atoms. The Morgan fingerprint density at radius 1 is 1.33 bits per heavy atom. The van der Waals surface area contributed by atoms with Crippen LogP contribution in [-0.2, 0) is 0 Å². The highest BCUT2D eigenvalue weighted by Gasteiger charge is 2.42. The monoisotopic (exact) mass is 124 g/mol. The van der Waals surface area contributed by atoms with E-state index in [1.807, 2.05) is 0 Å². The highest BCUT2D eigenvalue weighted by molar-refractivity contribution is 5.16. The quantitative estimate of drug-likeness (QED) is 0.358. The fraction of sp³-hybridized carbons (Fsp3) is 0.714. The first kappa shape index (κ1) is 5.45. The molecular weight excluding hydrogens is 112 g/mol. The summed E-state index contributed by atoms with van der Waals surface area (Å²) in [6, 6.07) is 0. The molecule has 2 unspecified atom stereocenters. The lowest BCUT2D eigenvalue weighted by Gasteiger charge is -2.25. The minimum atomic E-state index is -0.376. The van der Waals surface area contributed by atoms with E-state index in [1.54, 1.807) is 0 Å². The Labute approximate surface area is 54.9 Å². The molecule has 4 N–H and O–H groups in total. The van der Waals surface area contributed by atoms with Crippen LogP contribution in [0.4, 0.5) is 0 Å². The molecule has 1 saturated carbocycles. The lowest BCUT2D eigenvalue weighted by molar-refractivity contribution is 0.373. The van der Waals surface area contributed by atoms with E-state index < -0.39 is 0 Å². The third-order valence-corrected chi connectivity index (χ3v) is 2.48. The van der Waals surface area contributed by atoms with Crippen molar-refractivity contribution in [1.82, 2.24) is 0 Å². The van der Waals surface area contributed by atoms with Crippen LogP contribution in [0.3, 0.4) is 0 Å². The second-order valence-corrected chi connectivity index (χ2v) is 3.30. The van der Waals surface area contributed by atoms with Crippen molar-refractivity contribution in [2.24, 2.45) is 23.3 Å². The second-order valence-electron chi connectivity index (χ2n) is 3.30. The SMILES string of the molecule is NC1(N)CC2C=CC1C2. The van der Waals surface area contributed by atoms with Gasteiger partial charge in [-0.1, -0.05) is 12.2 Å². The molecule has 0 aromatic carbocycles. The first-order valence-corrected chi connectivity index (χ1v) is 3.44. The van der Waals surface area contributed by atoms with Gasteiger partial charge in [0.15, 0.2) is 0 Å². The van der Waals surface area contributed by atoms with Crippen LogP contribution in [0.2, 0.25) is 0 Å². The Bertz CT molecular complexity index is 160. The molecule has 2 atom stereocenters. The Hall–Kier alpha value is -0.340. The topological polar surface area (TPSA) is 52.0 Å². The summed E-state index contributed by atoms with van der Waals surface area (Å²) in [5.41, 5.74) is 11.2. The summed E-state index contributed by atoms with van der Waals surface area (Å²) in [6.07, 6.45) is 6.57. The molecule has 2 rings (SSSR count). The summed E-state index contributed by atoms with van der Waals surface area (Å²) >= 11 is 0. The molecule has 2 bridgehead atoms. The van der Waals surface area contributed by atoms with Crippen molar-refractivity contribution >= 4 is 0 Å². The van der Waals surface area contributed by atoms with Gasteiger partial charge in [0.25, 0.3) is 0 Å². The van der Waals surface area contributed by atoms with Gasteiger partial charge in [0.05, 0.1) is 5.66 Å². The Kier molecular flexibility index (Phi) is 0.838. The predicted molar refractivity (Wildman–Crippen MR) is 36.5 cm³/mol. The third kappa shape index (κ3) is 0.635. The standard InChI is InChI=1S/C7H12N2/c8-7(9)4-5-1-2-6(7)3-5/h1-2,5-6H,3-4,8-9H2. The molecule has 2 heteroatoms. The summed E-state index contributed by atoms with van der Waals surface area (Å²) in [5, 5.41) is 0. The van der Waals surface area contributed by atoms with Crippen LogP contribution in [0, 0.1) is 11.8 Å². The molecule has 0 amide bonds. The largest absolute Gasteiger partial charge is 0.313 e. The van der Waals surface area contributed by atoms with Gasteiger partial charge in [0.1, 0.15) is 0 Å². The number of hydrogen-bond donors (Lipinski definition) is 2. The van der Waals surface area contributed by atoms with E-state index in [0.29, 0.717) is 11.8 Å². The minimum Gasteiger partial charge on any atom is -0.313 e. The fourth-order valence-corrected chi connectivity index (χ4v) is 1.93. The number of nitrogens with two attached hydrogens (primary N) is 2. The molecule has 2 nitrogen and oxygen atoms in total. The van der Waals surface area contributed by atoms with Gasteiger partial charge in [-0.15, -0.1) is 0 Å². The van der Waals surface area contributed by atoms with Gasteiger partial charge >= 0.3 is 0 Å². The average molecular weight is 124 g/mol. The number of allylic oxidation sites excluding steroid dienone is 1. The maximum Gasteiger partial charge on any atom is 0.0706 e. The van der Waals surface area contributed by atoms with Crippen LogP contribution in [0.15, 0.2) is 12.2 Å². The van der Waals surface area contributed by atoms with E-state index >= 15 is 0 Å². The molecular formula is C7H12N2. The van der Waals surface area contributed by atoms with E-state index in [2.05, 4.69) is 12.2 Å². The van der Waals surface area contributed by atoms with E-state index in [0.717, 1.165) is 6.42 Å². The number of rotatable bonds is 0. The number of fused-ring (bicyclic) bond motifs is 2. The van der Waals surface area contributed by atoms with E-state index in [4.69, 9.17) is 11.5 Å². The highest BCUT2D eigenvalue weighted by Crippen LogP contribution is 2.41. The smallest absolute Gasteiger partial charge is 0.0706 e. The maximum atomic E-state index is 5.79. The molecule has 0 aliphatic heterocycles. The fourth-order valence-electron chi connectivity index (χ4n) is 1.93. The molecule has 0 aromatic heterocycles. The summed E-state index contributed by atoms with van der Waals surface area (Å²) < 4.78 is 0. The molecule has 0 radical (unpaired) electrons. The van der Waals surface area contributed by atoms with Gasteiger partial charge in [-0.25, -0.2) is 0 Å². The van der Waals surface area contributed by atoms with Crippen molar-refractivity contribution in [2.45, 2.75) is 18.5 Å². The first-order chi connectivity index (χ1) is 4.18. The van der Waals surface area contributed by atoms with Crippen molar-refractivity contribution in [1.29, 1.82) is 0 Å². The zero-order valence-electron chi connectivity index (χ0n) is 5.38. The lowest BCUT2D eigenvalue weighted by Crippen LogP contribution is -2.52. The predicted octanol–water partition coefficient (Wildman–Crippen LogP) is 0.196. The van der Waals surface area contributed by atoms with Gasteiger partial charge in [-0.2, -0.15) is 0 Å². The van der Waals surface area contributed by atoms with Gasteiger partial charge in [-0.05, 0) is 18.8 Å². The molecule has 0 aromatic rings. The van der Waals surface area contributed by atoms with Crippen molar-refractivity contribution in [3.05, 3.63) is 12.2 Å². The zero-order valence-corrected chi connectivity index (χ0v) is 5.38. The van der Waals surface area contributed by atoms with Crippen LogP contribution >= 0.6 is 0 Å². The van der Waals surface area contributed by atoms with E-state index in [1.165, 1.54) is 6.42 Å². The van der Waals surface area contributed by atoms with Crippen LogP contribution in [0.5, 0.6) is 0 Å². The molecule has 2 aliphatic rings. The zero-order chi connectivity index (χ0) is 6.48. The van der Waals surface area contributed by atoms with E-state index in [9.17, 15) is 0 Å². The van der Waals surface area contributed by atoms with E-state index in [-0.39, 0.29) is 5.66 Å². The summed E-state index contributed by atoms with van der Waals surface area (Å²) in [4.78, 5) is 0. The Morgan fingerprint density at radius 2 is 2.11 bits per heavy atom. The summed E-state index contributed by atoms with van der Waals surface area (Å²) in [7, 11) is 0. The minimum absolute atomic E-state index is 0.376. The summed E-state index contributed by atoms with van der Waals surface area (Å²) in [5.74, 6) is 1.15. The van der Waals surface area contributed by atoms with Crippen LogP contribution < -0.4 is 11.5 Å². The molecule has 50 valence electrons. The van der Waals surface area contributed by atoms with Gasteiger partial charge < -0.3 is 11.5 Å². The average Bonchev–Trinajstić information content (AvgIpc) is 2.19. The Balaban J connectivity index is 2.29. The van der Waals surface area contributed by atoms with Gasteiger partial charge in [-0.3, -0.25) is 0 Å². The van der Waals surface area contributed by atoms with Crippen LogP contribution in [0.1, 0.15) is 12.8 Å². The van der Waals surface area contributed by atoms with Crippen molar-refractivity contribution in [2.75, 3.05) is 0 Å². The summed E-state index contributed by atoms with van der Waals surface area (Å²) in [6.45, 7) is 0. The normalized spacial score (nSPS) is 44.2. The van der Waals surface area contributed by atoms with Crippen molar-refractivity contribution in [3.63, 3.8) is 0 Å². The van der Waals surface area contributed by atoms with Crippen LogP contribution in [0.25, 0.3) is 0 Å². The van der Waals surface area contributed by atoms with Crippen molar-refractivity contribution in [3.8, 4) is 0 Å². The Morgan fingerprint density at radius 3 is 2.33 bits per heavy atom. The molecule has 1 fully saturated rings. The van der Waals surface area contributed by atoms with Crippen LogP contribution in [-0.4, -0.2) is 5.66 Å².